The molecule has 0 N–H and O–H groups in total. The molecule has 1 aromatic carbocycles. The second-order valence-corrected chi connectivity index (χ2v) is 11.9. The molecule has 0 aliphatic heterocycles. The fourth-order valence-corrected chi connectivity index (χ4v) is 6.40. The van der Waals surface area contributed by atoms with Crippen molar-refractivity contribution in [2.45, 2.75) is 128 Å². The van der Waals surface area contributed by atoms with Crippen LogP contribution in [0.15, 0.2) is 24.3 Å². The molecule has 0 saturated heterocycles. The Balaban J connectivity index is 1.37. The summed E-state index contributed by atoms with van der Waals surface area (Å²) in [6, 6.07) is 5.29. The molecule has 228 valence electrons. The zero-order valence-electron chi connectivity index (χ0n) is 23.4. The largest absolute Gasteiger partial charge is 0.459 e. The maximum Gasteiger partial charge on any atom is 0.459 e. The van der Waals surface area contributed by atoms with E-state index in [1.54, 1.807) is 0 Å². The molecule has 0 spiro atoms. The van der Waals surface area contributed by atoms with E-state index in [-0.39, 0.29) is 23.2 Å². The average Bonchev–Trinajstić information content (AvgIpc) is 2.92. The summed E-state index contributed by atoms with van der Waals surface area (Å²) in [5, 5.41) is 0. The number of benzene rings is 1. The summed E-state index contributed by atoms with van der Waals surface area (Å²) >= 11 is 0. The SMILES string of the molecule is CCCCCCC[C@H]1CC[C@H]([C@H]2CC[C@H](C(=O)Oc3ccc(CCC(F)(F)C(F)(F)C(F)(F)F)cc3)CC2)CC1. The van der Waals surface area contributed by atoms with Gasteiger partial charge >= 0.3 is 24.0 Å². The van der Waals surface area contributed by atoms with Crippen LogP contribution in [0.3, 0.4) is 0 Å². The van der Waals surface area contributed by atoms with Gasteiger partial charge in [0, 0.05) is 6.42 Å². The predicted molar refractivity (Wildman–Crippen MR) is 141 cm³/mol. The summed E-state index contributed by atoms with van der Waals surface area (Å²) < 4.78 is 95.6. The first-order valence-electron chi connectivity index (χ1n) is 15.0. The van der Waals surface area contributed by atoms with Crippen molar-refractivity contribution in [1.29, 1.82) is 0 Å². The summed E-state index contributed by atoms with van der Waals surface area (Å²) in [5.74, 6) is -9.46. The molecule has 40 heavy (non-hydrogen) atoms. The first kappa shape index (κ1) is 32.7. The third-order valence-corrected chi connectivity index (χ3v) is 9.06. The van der Waals surface area contributed by atoms with Crippen molar-refractivity contribution >= 4 is 5.97 Å². The van der Waals surface area contributed by atoms with Crippen LogP contribution in [0.25, 0.3) is 0 Å². The van der Waals surface area contributed by atoms with Crippen LogP contribution in [0.2, 0.25) is 0 Å². The van der Waals surface area contributed by atoms with Gasteiger partial charge in [0.25, 0.3) is 0 Å². The Morgan fingerprint density at radius 2 is 1.32 bits per heavy atom. The molecule has 2 saturated carbocycles. The van der Waals surface area contributed by atoms with Crippen LogP contribution in [-0.2, 0) is 11.2 Å². The summed E-state index contributed by atoms with van der Waals surface area (Å²) in [7, 11) is 0. The van der Waals surface area contributed by atoms with Crippen LogP contribution in [0.5, 0.6) is 5.75 Å². The zero-order chi connectivity index (χ0) is 29.4. The fraction of sp³-hybridized carbons (Fsp3) is 0.774. The fourth-order valence-electron chi connectivity index (χ4n) is 6.40. The van der Waals surface area contributed by atoms with Crippen LogP contribution in [-0.4, -0.2) is 24.0 Å². The molecular weight excluding hydrogens is 537 g/mol. The number of carbonyl (C=O) groups excluding carboxylic acids is 1. The molecule has 2 nitrogen and oxygen atoms in total. The highest BCUT2D eigenvalue weighted by molar-refractivity contribution is 5.75. The van der Waals surface area contributed by atoms with Gasteiger partial charge in [-0.15, -0.1) is 0 Å². The second kappa shape index (κ2) is 14.4. The molecule has 3 rings (SSSR count). The second-order valence-electron chi connectivity index (χ2n) is 11.9. The molecule has 0 atom stereocenters. The van der Waals surface area contributed by atoms with Crippen LogP contribution in [0, 0.1) is 23.7 Å². The Labute approximate surface area is 233 Å². The maximum atomic E-state index is 13.5. The minimum Gasteiger partial charge on any atom is -0.426 e. The smallest absolute Gasteiger partial charge is 0.426 e. The Morgan fingerprint density at radius 1 is 0.775 bits per heavy atom. The zero-order valence-corrected chi connectivity index (χ0v) is 23.4. The number of ether oxygens (including phenoxy) is 1. The predicted octanol–water partition coefficient (Wildman–Crippen LogP) is 10.3. The molecule has 0 bridgehead atoms. The molecular formula is C31H43F7O2. The molecule has 2 aliphatic rings. The third-order valence-electron chi connectivity index (χ3n) is 9.06. The number of rotatable bonds is 13. The van der Waals surface area contributed by atoms with E-state index in [9.17, 15) is 35.5 Å². The molecule has 0 radical (unpaired) electrons. The van der Waals surface area contributed by atoms with E-state index in [1.165, 1.54) is 88.5 Å². The van der Waals surface area contributed by atoms with Gasteiger partial charge in [-0.1, -0.05) is 70.4 Å². The number of aryl methyl sites for hydroxylation is 1. The van der Waals surface area contributed by atoms with Crippen LogP contribution < -0.4 is 4.74 Å². The van der Waals surface area contributed by atoms with E-state index >= 15 is 0 Å². The van der Waals surface area contributed by atoms with Gasteiger partial charge in [0.15, 0.2) is 0 Å². The lowest BCUT2D eigenvalue weighted by molar-refractivity contribution is -0.355. The normalized spacial score (nSPS) is 24.6. The molecule has 1 aromatic rings. The van der Waals surface area contributed by atoms with Crippen LogP contribution in [0.4, 0.5) is 30.7 Å². The summed E-state index contributed by atoms with van der Waals surface area (Å²) in [5.41, 5.74) is 0.143. The highest BCUT2D eigenvalue weighted by Gasteiger charge is 2.72. The van der Waals surface area contributed by atoms with Gasteiger partial charge in [-0.25, -0.2) is 0 Å². The molecule has 0 unspecified atom stereocenters. The highest BCUT2D eigenvalue weighted by Crippen LogP contribution is 2.48. The van der Waals surface area contributed by atoms with Crippen LogP contribution >= 0.6 is 0 Å². The Morgan fingerprint density at radius 3 is 1.88 bits per heavy atom. The van der Waals surface area contributed by atoms with Crippen molar-refractivity contribution in [2.24, 2.45) is 23.7 Å². The molecule has 0 heterocycles. The minimum absolute atomic E-state index is 0.143. The number of hydrogen-bond acceptors (Lipinski definition) is 2. The molecule has 0 amide bonds. The first-order chi connectivity index (χ1) is 18.8. The van der Waals surface area contributed by atoms with Gasteiger partial charge in [-0.2, -0.15) is 30.7 Å². The topological polar surface area (TPSA) is 26.3 Å². The van der Waals surface area contributed by atoms with Gasteiger partial charge in [0.05, 0.1) is 5.92 Å². The van der Waals surface area contributed by atoms with Gasteiger partial charge in [0.2, 0.25) is 0 Å². The van der Waals surface area contributed by atoms with Gasteiger partial charge in [-0.05, 0) is 80.4 Å². The highest BCUT2D eigenvalue weighted by atomic mass is 19.4. The van der Waals surface area contributed by atoms with Crippen molar-refractivity contribution in [3.05, 3.63) is 29.8 Å². The first-order valence-corrected chi connectivity index (χ1v) is 15.0. The number of hydrogen-bond donors (Lipinski definition) is 0. The quantitative estimate of drug-likeness (QED) is 0.100. The van der Waals surface area contributed by atoms with E-state index in [0.717, 1.165) is 37.5 Å². The van der Waals surface area contributed by atoms with E-state index in [4.69, 9.17) is 4.74 Å². The Hall–Kier alpha value is -1.80. The van der Waals surface area contributed by atoms with E-state index in [1.807, 2.05) is 0 Å². The minimum atomic E-state index is -6.33. The lowest BCUT2D eigenvalue weighted by Gasteiger charge is -2.37. The number of halogens is 7. The van der Waals surface area contributed by atoms with Crippen molar-refractivity contribution in [3.63, 3.8) is 0 Å². The number of carbonyl (C=O) groups is 1. The van der Waals surface area contributed by atoms with E-state index in [2.05, 4.69) is 6.92 Å². The Kier molecular flexibility index (Phi) is 11.8. The van der Waals surface area contributed by atoms with Gasteiger partial charge in [-0.3, -0.25) is 4.79 Å². The van der Waals surface area contributed by atoms with E-state index in [0.29, 0.717) is 5.92 Å². The summed E-state index contributed by atoms with van der Waals surface area (Å²) in [6.45, 7) is 2.24. The number of unbranched alkanes of at least 4 members (excludes halogenated alkanes) is 4. The van der Waals surface area contributed by atoms with Crippen molar-refractivity contribution in [3.8, 4) is 5.75 Å². The van der Waals surface area contributed by atoms with Gasteiger partial charge in [0.1, 0.15) is 5.75 Å². The molecule has 0 aromatic heterocycles. The monoisotopic (exact) mass is 580 g/mol. The van der Waals surface area contributed by atoms with Crippen molar-refractivity contribution < 1.29 is 40.3 Å². The lowest BCUT2D eigenvalue weighted by atomic mass is 9.68. The Bertz CT molecular complexity index is 897. The number of esters is 1. The van der Waals surface area contributed by atoms with E-state index < -0.39 is 30.9 Å². The molecule has 2 fully saturated rings. The summed E-state index contributed by atoms with van der Waals surface area (Å²) in [6.07, 6.45) is 8.07. The average molecular weight is 581 g/mol. The van der Waals surface area contributed by atoms with Crippen molar-refractivity contribution in [1.82, 2.24) is 0 Å². The summed E-state index contributed by atoms with van der Waals surface area (Å²) in [4.78, 5) is 12.7. The lowest BCUT2D eigenvalue weighted by Crippen LogP contribution is -2.52. The molecule has 9 heteroatoms. The number of alkyl halides is 7. The molecule has 2 aliphatic carbocycles. The standard InChI is InChI=1S/C31H43F7O2/c1-2-3-4-5-6-7-22-8-12-24(13-9-22)25-14-16-26(17-15-25)28(39)40-27-18-10-23(11-19-27)20-21-29(32,33)30(34,35)31(36,37)38/h10-11,18-19,22,24-26H,2-9,12-17,20-21H2,1H3/t22-,24-,25-,26-. The van der Waals surface area contributed by atoms with Crippen molar-refractivity contribution in [2.75, 3.05) is 0 Å². The maximum absolute atomic E-state index is 13.5. The van der Waals surface area contributed by atoms with Crippen LogP contribution in [0.1, 0.15) is 109 Å². The van der Waals surface area contributed by atoms with Gasteiger partial charge < -0.3 is 4.74 Å². The third kappa shape index (κ3) is 8.85.